The molecular formula is C9H19NO3. The average Bonchev–Trinajstić information content (AvgIpc) is 1.81. The summed E-state index contributed by atoms with van der Waals surface area (Å²) >= 11 is 0. The SMILES string of the molecule is CC(O)C(C)OC(=O)NC(C)(C)C. The molecule has 0 aromatic rings. The molecule has 0 radical (unpaired) electrons. The summed E-state index contributed by atoms with van der Waals surface area (Å²) < 4.78 is 4.89. The first-order chi connectivity index (χ1) is 5.72. The summed E-state index contributed by atoms with van der Waals surface area (Å²) in [7, 11) is 0. The van der Waals surface area contributed by atoms with Crippen LogP contribution in [-0.2, 0) is 4.74 Å². The summed E-state index contributed by atoms with van der Waals surface area (Å²) in [5, 5.41) is 11.7. The standard InChI is InChI=1S/C9H19NO3/c1-6(11)7(2)13-8(12)10-9(3,4)5/h6-7,11H,1-5H3,(H,10,12). The van der Waals surface area contributed by atoms with Gasteiger partial charge in [-0.1, -0.05) is 0 Å². The van der Waals surface area contributed by atoms with Crippen LogP contribution in [0.1, 0.15) is 34.6 Å². The Morgan fingerprint density at radius 1 is 1.38 bits per heavy atom. The van der Waals surface area contributed by atoms with Gasteiger partial charge in [0.2, 0.25) is 0 Å². The number of amides is 1. The molecule has 0 saturated carbocycles. The van der Waals surface area contributed by atoms with Gasteiger partial charge in [0, 0.05) is 5.54 Å². The van der Waals surface area contributed by atoms with Gasteiger partial charge in [0.25, 0.3) is 0 Å². The van der Waals surface area contributed by atoms with Crippen LogP contribution in [0.4, 0.5) is 4.79 Å². The number of hydrogen-bond acceptors (Lipinski definition) is 3. The summed E-state index contributed by atoms with van der Waals surface area (Å²) in [5.41, 5.74) is -0.310. The van der Waals surface area contributed by atoms with Gasteiger partial charge in [-0.15, -0.1) is 0 Å². The van der Waals surface area contributed by atoms with Gasteiger partial charge in [-0.05, 0) is 34.6 Å². The number of rotatable bonds is 2. The molecule has 0 aliphatic rings. The lowest BCUT2D eigenvalue weighted by Crippen LogP contribution is -2.43. The van der Waals surface area contributed by atoms with E-state index in [1.165, 1.54) is 0 Å². The van der Waals surface area contributed by atoms with Gasteiger partial charge >= 0.3 is 6.09 Å². The zero-order valence-corrected chi connectivity index (χ0v) is 8.92. The Labute approximate surface area is 79.3 Å². The van der Waals surface area contributed by atoms with E-state index in [4.69, 9.17) is 9.84 Å². The summed E-state index contributed by atoms with van der Waals surface area (Å²) in [6, 6.07) is 0. The Balaban J connectivity index is 3.89. The van der Waals surface area contributed by atoms with Crippen LogP contribution in [-0.4, -0.2) is 28.9 Å². The number of hydrogen-bond donors (Lipinski definition) is 2. The van der Waals surface area contributed by atoms with Crippen molar-refractivity contribution >= 4 is 6.09 Å². The van der Waals surface area contributed by atoms with Crippen LogP contribution in [0.5, 0.6) is 0 Å². The number of alkyl carbamates (subject to hydrolysis) is 1. The molecule has 0 saturated heterocycles. The molecule has 0 rings (SSSR count). The Kier molecular flexibility index (Phi) is 4.20. The van der Waals surface area contributed by atoms with E-state index in [1.54, 1.807) is 13.8 Å². The summed E-state index contributed by atoms with van der Waals surface area (Å²) in [4.78, 5) is 11.1. The molecule has 0 spiro atoms. The van der Waals surface area contributed by atoms with E-state index in [2.05, 4.69) is 5.32 Å². The molecule has 1 amide bonds. The van der Waals surface area contributed by atoms with Gasteiger partial charge in [-0.25, -0.2) is 4.79 Å². The van der Waals surface area contributed by atoms with Crippen molar-refractivity contribution < 1.29 is 14.6 Å². The molecule has 78 valence electrons. The van der Waals surface area contributed by atoms with Crippen LogP contribution in [0.15, 0.2) is 0 Å². The highest BCUT2D eigenvalue weighted by Gasteiger charge is 2.18. The highest BCUT2D eigenvalue weighted by molar-refractivity contribution is 5.68. The minimum Gasteiger partial charge on any atom is -0.444 e. The third kappa shape index (κ3) is 6.40. The van der Waals surface area contributed by atoms with Crippen molar-refractivity contribution in [1.82, 2.24) is 5.32 Å². The lowest BCUT2D eigenvalue weighted by atomic mass is 10.1. The van der Waals surface area contributed by atoms with Gasteiger partial charge in [0.1, 0.15) is 6.10 Å². The van der Waals surface area contributed by atoms with E-state index in [0.717, 1.165) is 0 Å². The molecule has 0 aliphatic heterocycles. The first kappa shape index (κ1) is 12.2. The maximum atomic E-state index is 11.1. The number of aliphatic hydroxyl groups excluding tert-OH is 1. The molecule has 0 fully saturated rings. The second-order valence-corrected chi connectivity index (χ2v) is 4.23. The molecule has 2 N–H and O–H groups in total. The third-order valence-electron chi connectivity index (χ3n) is 1.45. The number of ether oxygens (including phenoxy) is 1. The van der Waals surface area contributed by atoms with Gasteiger partial charge in [-0.2, -0.15) is 0 Å². The van der Waals surface area contributed by atoms with Crippen molar-refractivity contribution in [2.45, 2.75) is 52.4 Å². The van der Waals surface area contributed by atoms with Crippen molar-refractivity contribution in [1.29, 1.82) is 0 Å². The largest absolute Gasteiger partial charge is 0.444 e. The zero-order chi connectivity index (χ0) is 10.6. The summed E-state index contributed by atoms with van der Waals surface area (Å²) in [6.07, 6.45) is -1.63. The molecule has 2 unspecified atom stereocenters. The van der Waals surface area contributed by atoms with Gasteiger partial charge in [0.05, 0.1) is 6.10 Å². The molecule has 0 aromatic carbocycles. The van der Waals surface area contributed by atoms with Crippen LogP contribution >= 0.6 is 0 Å². The Morgan fingerprint density at radius 3 is 2.15 bits per heavy atom. The fourth-order valence-electron chi connectivity index (χ4n) is 0.603. The quantitative estimate of drug-likeness (QED) is 0.688. The molecule has 4 nitrogen and oxygen atoms in total. The van der Waals surface area contributed by atoms with Crippen LogP contribution in [0.2, 0.25) is 0 Å². The molecule has 0 bridgehead atoms. The Hall–Kier alpha value is -0.770. The predicted octanol–water partition coefficient (Wildman–Crippen LogP) is 1.28. The van der Waals surface area contributed by atoms with Crippen molar-refractivity contribution in [3.8, 4) is 0 Å². The monoisotopic (exact) mass is 189 g/mol. The van der Waals surface area contributed by atoms with Crippen molar-refractivity contribution in [3.05, 3.63) is 0 Å². The van der Waals surface area contributed by atoms with Crippen LogP contribution in [0, 0.1) is 0 Å². The van der Waals surface area contributed by atoms with E-state index < -0.39 is 18.3 Å². The highest BCUT2D eigenvalue weighted by atomic mass is 16.6. The van der Waals surface area contributed by atoms with E-state index in [-0.39, 0.29) is 5.54 Å². The summed E-state index contributed by atoms with van der Waals surface area (Å²) in [5.74, 6) is 0. The van der Waals surface area contributed by atoms with E-state index in [9.17, 15) is 4.79 Å². The first-order valence-corrected chi connectivity index (χ1v) is 4.39. The predicted molar refractivity (Wildman–Crippen MR) is 50.5 cm³/mol. The smallest absolute Gasteiger partial charge is 0.407 e. The topological polar surface area (TPSA) is 58.6 Å². The van der Waals surface area contributed by atoms with Gasteiger partial charge in [0.15, 0.2) is 0 Å². The maximum absolute atomic E-state index is 11.1. The molecule has 2 atom stereocenters. The lowest BCUT2D eigenvalue weighted by molar-refractivity contribution is 0.0198. The van der Waals surface area contributed by atoms with Gasteiger partial charge < -0.3 is 15.2 Å². The lowest BCUT2D eigenvalue weighted by Gasteiger charge is -2.22. The first-order valence-electron chi connectivity index (χ1n) is 4.39. The van der Waals surface area contributed by atoms with Crippen LogP contribution < -0.4 is 5.32 Å². The molecule has 4 heteroatoms. The second kappa shape index (κ2) is 4.46. The zero-order valence-electron chi connectivity index (χ0n) is 8.92. The minimum atomic E-state index is -0.647. The normalized spacial score (nSPS) is 16.2. The maximum Gasteiger partial charge on any atom is 0.407 e. The second-order valence-electron chi connectivity index (χ2n) is 4.23. The van der Waals surface area contributed by atoms with Crippen molar-refractivity contribution in [3.63, 3.8) is 0 Å². The van der Waals surface area contributed by atoms with Crippen molar-refractivity contribution in [2.24, 2.45) is 0 Å². The van der Waals surface area contributed by atoms with Crippen molar-refractivity contribution in [2.75, 3.05) is 0 Å². The number of carbonyl (C=O) groups excluding carboxylic acids is 1. The number of aliphatic hydroxyl groups is 1. The van der Waals surface area contributed by atoms with E-state index >= 15 is 0 Å². The minimum absolute atomic E-state index is 0.310. The van der Waals surface area contributed by atoms with E-state index in [0.29, 0.717) is 0 Å². The molecule has 0 aromatic heterocycles. The van der Waals surface area contributed by atoms with E-state index in [1.807, 2.05) is 20.8 Å². The fourth-order valence-corrected chi connectivity index (χ4v) is 0.603. The molecule has 13 heavy (non-hydrogen) atoms. The molecule has 0 aliphatic carbocycles. The highest BCUT2D eigenvalue weighted by Crippen LogP contribution is 2.02. The third-order valence-corrected chi connectivity index (χ3v) is 1.45. The Morgan fingerprint density at radius 2 is 1.85 bits per heavy atom. The summed E-state index contributed by atoms with van der Waals surface area (Å²) in [6.45, 7) is 8.81. The molecular weight excluding hydrogens is 170 g/mol. The number of nitrogens with one attached hydrogen (secondary N) is 1. The van der Waals surface area contributed by atoms with Crippen LogP contribution in [0.25, 0.3) is 0 Å². The number of carbonyl (C=O) groups is 1. The fraction of sp³-hybridized carbons (Fsp3) is 0.889. The molecule has 0 heterocycles. The van der Waals surface area contributed by atoms with Gasteiger partial charge in [-0.3, -0.25) is 0 Å². The Bertz CT molecular complexity index is 172. The van der Waals surface area contributed by atoms with Crippen LogP contribution in [0.3, 0.4) is 0 Å². The average molecular weight is 189 g/mol.